The highest BCUT2D eigenvalue weighted by Crippen LogP contribution is 2.21. The van der Waals surface area contributed by atoms with E-state index in [1.165, 1.54) is 5.56 Å². The van der Waals surface area contributed by atoms with Gasteiger partial charge in [0.2, 0.25) is 0 Å². The second kappa shape index (κ2) is 7.25. The Labute approximate surface area is 125 Å². The van der Waals surface area contributed by atoms with Crippen LogP contribution in [0.3, 0.4) is 0 Å². The molecule has 0 heterocycles. The molecular weight excluding hydrogens is 276 g/mol. The van der Waals surface area contributed by atoms with Gasteiger partial charge in [-0.3, -0.25) is 10.9 Å². The Morgan fingerprint density at radius 1 is 1.00 bits per heavy atom. The number of hydrazine groups is 1. The lowest BCUT2D eigenvalue weighted by atomic mass is 10.1. The third-order valence-electron chi connectivity index (χ3n) is 2.54. The maximum atomic E-state index is 5.22. The standard InChI is InChI=1S/C13H20N4S2/c1-5-14-12(18)16-17-13(19)15-11-9(3)6-8(2)7-10(11)4/h6-7H,5H2,1-4H3,(H2,14,16,18)(H2,15,17,19). The number of aryl methyl sites for hydroxylation is 3. The van der Waals surface area contributed by atoms with Crippen molar-refractivity contribution in [3.63, 3.8) is 0 Å². The summed E-state index contributed by atoms with van der Waals surface area (Å²) < 4.78 is 0. The Morgan fingerprint density at radius 3 is 2.05 bits per heavy atom. The predicted molar refractivity (Wildman–Crippen MR) is 89.4 cm³/mol. The first-order chi connectivity index (χ1) is 8.93. The van der Waals surface area contributed by atoms with Gasteiger partial charge < -0.3 is 10.6 Å². The zero-order valence-corrected chi connectivity index (χ0v) is 13.3. The van der Waals surface area contributed by atoms with Gasteiger partial charge in [0, 0.05) is 12.2 Å². The first kappa shape index (κ1) is 15.7. The van der Waals surface area contributed by atoms with Crippen LogP contribution in [0.2, 0.25) is 0 Å². The van der Waals surface area contributed by atoms with Gasteiger partial charge in [0.25, 0.3) is 0 Å². The molecule has 0 aliphatic heterocycles. The van der Waals surface area contributed by atoms with E-state index in [2.05, 4.69) is 54.4 Å². The van der Waals surface area contributed by atoms with Crippen molar-refractivity contribution >= 4 is 40.3 Å². The average molecular weight is 296 g/mol. The molecule has 19 heavy (non-hydrogen) atoms. The lowest BCUT2D eigenvalue weighted by molar-refractivity contribution is 0.825. The summed E-state index contributed by atoms with van der Waals surface area (Å²) in [6.45, 7) is 8.94. The normalized spacial score (nSPS) is 9.68. The third-order valence-corrected chi connectivity index (χ3v) is 2.99. The quantitative estimate of drug-likeness (QED) is 0.496. The molecular formula is C13H20N4S2. The number of benzene rings is 1. The molecule has 4 nitrogen and oxygen atoms in total. The topological polar surface area (TPSA) is 48.1 Å². The van der Waals surface area contributed by atoms with Crippen molar-refractivity contribution in [3.8, 4) is 0 Å². The van der Waals surface area contributed by atoms with E-state index < -0.39 is 0 Å². The van der Waals surface area contributed by atoms with E-state index in [9.17, 15) is 0 Å². The predicted octanol–water partition coefficient (Wildman–Crippen LogP) is 2.30. The molecule has 1 aromatic carbocycles. The molecule has 0 amide bonds. The van der Waals surface area contributed by atoms with Crippen LogP contribution in [-0.2, 0) is 0 Å². The van der Waals surface area contributed by atoms with Crippen molar-refractivity contribution in [1.29, 1.82) is 0 Å². The van der Waals surface area contributed by atoms with E-state index in [0.29, 0.717) is 10.2 Å². The highest BCUT2D eigenvalue weighted by molar-refractivity contribution is 7.80. The monoisotopic (exact) mass is 296 g/mol. The number of hydrogen-bond acceptors (Lipinski definition) is 2. The van der Waals surface area contributed by atoms with Gasteiger partial charge in [-0.2, -0.15) is 0 Å². The van der Waals surface area contributed by atoms with Gasteiger partial charge in [-0.05, 0) is 63.3 Å². The van der Waals surface area contributed by atoms with Crippen LogP contribution < -0.4 is 21.5 Å². The Hall–Kier alpha value is -1.40. The summed E-state index contributed by atoms with van der Waals surface area (Å²) in [6.07, 6.45) is 0. The van der Waals surface area contributed by atoms with Gasteiger partial charge in [-0.1, -0.05) is 17.7 Å². The molecule has 4 N–H and O–H groups in total. The molecule has 1 aromatic rings. The fraction of sp³-hybridized carbons (Fsp3) is 0.385. The zero-order chi connectivity index (χ0) is 14.4. The van der Waals surface area contributed by atoms with Crippen molar-refractivity contribution in [2.75, 3.05) is 11.9 Å². The van der Waals surface area contributed by atoms with Crippen molar-refractivity contribution in [1.82, 2.24) is 16.2 Å². The van der Waals surface area contributed by atoms with Crippen LogP contribution in [0.15, 0.2) is 12.1 Å². The molecule has 6 heteroatoms. The lowest BCUT2D eigenvalue weighted by Crippen LogP contribution is -2.48. The van der Waals surface area contributed by atoms with Crippen LogP contribution >= 0.6 is 24.4 Å². The fourth-order valence-electron chi connectivity index (χ4n) is 1.84. The van der Waals surface area contributed by atoms with Crippen LogP contribution in [0.25, 0.3) is 0 Å². The molecule has 0 spiro atoms. The van der Waals surface area contributed by atoms with E-state index in [1.54, 1.807) is 0 Å². The molecule has 0 unspecified atom stereocenters. The third kappa shape index (κ3) is 5.00. The average Bonchev–Trinajstić information content (AvgIpc) is 2.31. The molecule has 0 saturated carbocycles. The van der Waals surface area contributed by atoms with Gasteiger partial charge in [-0.25, -0.2) is 0 Å². The molecule has 0 aromatic heterocycles. The SMILES string of the molecule is CCNC(=S)NNC(=S)Nc1c(C)cc(C)cc1C. The van der Waals surface area contributed by atoms with Crippen molar-refractivity contribution < 1.29 is 0 Å². The molecule has 0 atom stereocenters. The minimum atomic E-state index is 0.482. The zero-order valence-electron chi connectivity index (χ0n) is 11.7. The van der Waals surface area contributed by atoms with Gasteiger partial charge in [-0.15, -0.1) is 0 Å². The number of hydrogen-bond donors (Lipinski definition) is 4. The van der Waals surface area contributed by atoms with E-state index >= 15 is 0 Å². The Morgan fingerprint density at radius 2 is 1.53 bits per heavy atom. The van der Waals surface area contributed by atoms with Crippen LogP contribution in [0.5, 0.6) is 0 Å². The summed E-state index contributed by atoms with van der Waals surface area (Å²) in [5, 5.41) is 7.14. The molecule has 0 aliphatic carbocycles. The highest BCUT2D eigenvalue weighted by Gasteiger charge is 2.05. The Balaban J connectivity index is 2.60. The Bertz CT molecular complexity index is 463. The summed E-state index contributed by atoms with van der Waals surface area (Å²) in [6, 6.07) is 4.24. The maximum Gasteiger partial charge on any atom is 0.189 e. The van der Waals surface area contributed by atoms with Crippen molar-refractivity contribution in [2.24, 2.45) is 0 Å². The minimum absolute atomic E-state index is 0.482. The largest absolute Gasteiger partial charge is 0.362 e. The molecule has 0 fully saturated rings. The summed E-state index contributed by atoms with van der Waals surface area (Å²) in [4.78, 5) is 0. The van der Waals surface area contributed by atoms with E-state index in [1.807, 2.05) is 6.92 Å². The molecule has 0 aliphatic rings. The number of nitrogens with one attached hydrogen (secondary N) is 4. The van der Waals surface area contributed by atoms with E-state index in [-0.39, 0.29) is 0 Å². The number of thiocarbonyl (C=S) groups is 2. The molecule has 0 saturated heterocycles. The second-order valence-electron chi connectivity index (χ2n) is 4.34. The lowest BCUT2D eigenvalue weighted by Gasteiger charge is -2.17. The van der Waals surface area contributed by atoms with E-state index in [0.717, 1.165) is 23.4 Å². The molecule has 1 rings (SSSR count). The molecule has 104 valence electrons. The summed E-state index contributed by atoms with van der Waals surface area (Å²) in [5.41, 5.74) is 10.3. The first-order valence-corrected chi connectivity index (χ1v) is 6.94. The van der Waals surface area contributed by atoms with E-state index in [4.69, 9.17) is 24.4 Å². The summed E-state index contributed by atoms with van der Waals surface area (Å²) in [7, 11) is 0. The molecule has 0 bridgehead atoms. The van der Waals surface area contributed by atoms with Gasteiger partial charge in [0.05, 0.1) is 0 Å². The summed E-state index contributed by atoms with van der Waals surface area (Å²) >= 11 is 10.3. The maximum absolute atomic E-state index is 5.22. The molecule has 0 radical (unpaired) electrons. The minimum Gasteiger partial charge on any atom is -0.362 e. The van der Waals surface area contributed by atoms with Crippen molar-refractivity contribution in [3.05, 3.63) is 28.8 Å². The second-order valence-corrected chi connectivity index (χ2v) is 5.15. The first-order valence-electron chi connectivity index (χ1n) is 6.12. The van der Waals surface area contributed by atoms with Gasteiger partial charge in [0.1, 0.15) is 0 Å². The number of rotatable bonds is 2. The van der Waals surface area contributed by atoms with Gasteiger partial charge >= 0.3 is 0 Å². The summed E-state index contributed by atoms with van der Waals surface area (Å²) in [5.74, 6) is 0. The van der Waals surface area contributed by atoms with Crippen molar-refractivity contribution in [2.45, 2.75) is 27.7 Å². The van der Waals surface area contributed by atoms with Crippen LogP contribution in [0.4, 0.5) is 5.69 Å². The smallest absolute Gasteiger partial charge is 0.189 e. The van der Waals surface area contributed by atoms with Crippen LogP contribution in [0, 0.1) is 20.8 Å². The number of anilines is 1. The van der Waals surface area contributed by atoms with Gasteiger partial charge in [0.15, 0.2) is 10.2 Å². The Kier molecular flexibility index (Phi) is 5.98. The highest BCUT2D eigenvalue weighted by atomic mass is 32.1. The fourth-order valence-corrected chi connectivity index (χ4v) is 2.19. The van der Waals surface area contributed by atoms with Crippen LogP contribution in [-0.4, -0.2) is 16.8 Å². The van der Waals surface area contributed by atoms with Crippen LogP contribution in [0.1, 0.15) is 23.6 Å².